The molecular weight excluding hydrogens is 408 g/mol. The fourth-order valence-electron chi connectivity index (χ4n) is 2.74. The Labute approximate surface area is 176 Å². The van der Waals surface area contributed by atoms with Gasteiger partial charge in [0, 0.05) is 23.2 Å². The van der Waals surface area contributed by atoms with Gasteiger partial charge in [-0.05, 0) is 35.9 Å². The molecule has 0 radical (unpaired) electrons. The monoisotopic (exact) mass is 424 g/mol. The van der Waals surface area contributed by atoms with Crippen LogP contribution < -0.4 is 10.1 Å². The molecule has 152 valence electrons. The fraction of sp³-hybridized carbons (Fsp3) is 0.143. The van der Waals surface area contributed by atoms with Crippen LogP contribution >= 0.6 is 11.6 Å². The van der Waals surface area contributed by atoms with Gasteiger partial charge >= 0.3 is 0 Å². The van der Waals surface area contributed by atoms with E-state index in [4.69, 9.17) is 25.4 Å². The maximum atomic E-state index is 12.3. The molecular formula is C21H17ClN4O4. The largest absolute Gasteiger partial charge is 0.497 e. The number of carbonyl (C=O) groups excluding carboxylic acids is 1. The maximum absolute atomic E-state index is 12.3. The smallest absolute Gasteiger partial charge is 0.273 e. The first-order valence-electron chi connectivity index (χ1n) is 9.06. The van der Waals surface area contributed by atoms with E-state index in [2.05, 4.69) is 20.6 Å². The molecule has 0 bridgehead atoms. The number of hydrogen-bond donors (Lipinski definition) is 1. The van der Waals surface area contributed by atoms with E-state index >= 15 is 0 Å². The number of hydrogen-bond acceptors (Lipinski definition) is 7. The van der Waals surface area contributed by atoms with Crippen LogP contribution in [0.1, 0.15) is 27.6 Å². The average molecular weight is 425 g/mol. The molecule has 2 aromatic heterocycles. The summed E-state index contributed by atoms with van der Waals surface area (Å²) in [5.74, 6) is 1.62. The van der Waals surface area contributed by atoms with E-state index in [0.29, 0.717) is 29.0 Å². The summed E-state index contributed by atoms with van der Waals surface area (Å²) in [7, 11) is 1.60. The molecule has 1 amide bonds. The summed E-state index contributed by atoms with van der Waals surface area (Å²) in [5.41, 5.74) is 1.84. The minimum Gasteiger partial charge on any atom is -0.497 e. The van der Waals surface area contributed by atoms with Gasteiger partial charge in [-0.2, -0.15) is 4.98 Å². The Balaban J connectivity index is 1.36. The molecule has 0 saturated carbocycles. The second-order valence-electron chi connectivity index (χ2n) is 6.41. The van der Waals surface area contributed by atoms with Gasteiger partial charge in [0.1, 0.15) is 11.5 Å². The Bertz CT molecular complexity index is 1150. The van der Waals surface area contributed by atoms with Gasteiger partial charge < -0.3 is 19.1 Å². The van der Waals surface area contributed by atoms with E-state index in [1.807, 2.05) is 30.3 Å². The third-order valence-electron chi connectivity index (χ3n) is 4.28. The molecule has 0 atom stereocenters. The highest BCUT2D eigenvalue weighted by atomic mass is 35.5. The Hall–Kier alpha value is -3.65. The zero-order valence-corrected chi connectivity index (χ0v) is 16.7. The molecule has 9 heteroatoms. The molecule has 2 aromatic carbocycles. The van der Waals surface area contributed by atoms with Crippen molar-refractivity contribution in [3.63, 3.8) is 0 Å². The average Bonchev–Trinajstić information content (AvgIpc) is 3.43. The highest BCUT2D eigenvalue weighted by molar-refractivity contribution is 6.30. The number of amides is 1. The first-order valence-corrected chi connectivity index (χ1v) is 9.44. The molecule has 0 aliphatic heterocycles. The number of benzene rings is 2. The van der Waals surface area contributed by atoms with Gasteiger partial charge in [-0.15, -0.1) is 0 Å². The van der Waals surface area contributed by atoms with Crippen molar-refractivity contribution in [2.75, 3.05) is 7.11 Å². The molecule has 1 N–H and O–H groups in total. The van der Waals surface area contributed by atoms with E-state index in [9.17, 15) is 4.79 Å². The number of methoxy groups -OCH3 is 1. The van der Waals surface area contributed by atoms with Crippen molar-refractivity contribution < 1.29 is 18.6 Å². The lowest BCUT2D eigenvalue weighted by molar-refractivity contribution is 0.0941. The summed E-state index contributed by atoms with van der Waals surface area (Å²) < 4.78 is 15.6. The van der Waals surface area contributed by atoms with E-state index in [1.54, 1.807) is 31.4 Å². The zero-order chi connectivity index (χ0) is 20.9. The van der Waals surface area contributed by atoms with Gasteiger partial charge in [0.2, 0.25) is 0 Å². The van der Waals surface area contributed by atoms with Crippen molar-refractivity contribution in [3.8, 4) is 17.2 Å². The van der Waals surface area contributed by atoms with Crippen molar-refractivity contribution in [1.82, 2.24) is 20.6 Å². The van der Waals surface area contributed by atoms with Crippen molar-refractivity contribution in [1.29, 1.82) is 0 Å². The van der Waals surface area contributed by atoms with Crippen LogP contribution in [0.5, 0.6) is 5.75 Å². The minimum absolute atomic E-state index is 0.178. The van der Waals surface area contributed by atoms with Crippen LogP contribution in [0, 0.1) is 0 Å². The molecule has 2 heterocycles. The number of halogens is 1. The van der Waals surface area contributed by atoms with Crippen LogP contribution in [0.25, 0.3) is 11.5 Å². The zero-order valence-electron chi connectivity index (χ0n) is 16.0. The number of nitrogens with zero attached hydrogens (tertiary/aromatic N) is 3. The lowest BCUT2D eigenvalue weighted by Gasteiger charge is -2.04. The summed E-state index contributed by atoms with van der Waals surface area (Å²) in [4.78, 5) is 16.6. The number of carbonyl (C=O) groups is 1. The van der Waals surface area contributed by atoms with Gasteiger partial charge in [0.25, 0.3) is 11.8 Å². The van der Waals surface area contributed by atoms with Crippen LogP contribution in [0.3, 0.4) is 0 Å². The SMILES string of the molecule is COc1ccc(CNC(=O)c2cc(Cc3noc(-c4cccc(Cl)c4)n3)on2)cc1. The summed E-state index contributed by atoms with van der Waals surface area (Å²) in [5, 5.41) is 11.1. The highest BCUT2D eigenvalue weighted by Gasteiger charge is 2.16. The van der Waals surface area contributed by atoms with Crippen LogP contribution in [0.4, 0.5) is 0 Å². The number of nitrogens with one attached hydrogen (secondary N) is 1. The van der Waals surface area contributed by atoms with E-state index in [0.717, 1.165) is 16.9 Å². The lowest BCUT2D eigenvalue weighted by Crippen LogP contribution is -2.23. The molecule has 30 heavy (non-hydrogen) atoms. The van der Waals surface area contributed by atoms with E-state index < -0.39 is 0 Å². The Morgan fingerprint density at radius 2 is 1.93 bits per heavy atom. The van der Waals surface area contributed by atoms with E-state index in [1.165, 1.54) is 0 Å². The van der Waals surface area contributed by atoms with Gasteiger partial charge in [-0.1, -0.05) is 40.1 Å². The number of aromatic nitrogens is 3. The standard InChI is InChI=1S/C21H17ClN4O4/c1-28-16-7-5-13(6-8-16)12-23-20(27)18-10-17(29-25-18)11-19-24-21(30-26-19)14-3-2-4-15(22)9-14/h2-10H,11-12H2,1H3,(H,23,27). The van der Waals surface area contributed by atoms with Gasteiger partial charge in [0.15, 0.2) is 11.5 Å². The highest BCUT2D eigenvalue weighted by Crippen LogP contribution is 2.21. The second-order valence-corrected chi connectivity index (χ2v) is 6.85. The normalized spacial score (nSPS) is 10.7. The summed E-state index contributed by atoms with van der Waals surface area (Å²) >= 11 is 5.99. The number of rotatable bonds is 7. The van der Waals surface area contributed by atoms with Gasteiger partial charge in [-0.25, -0.2) is 0 Å². The Morgan fingerprint density at radius 1 is 1.10 bits per heavy atom. The fourth-order valence-corrected chi connectivity index (χ4v) is 2.93. The molecule has 4 rings (SSSR count). The van der Waals surface area contributed by atoms with Crippen molar-refractivity contribution in [2.24, 2.45) is 0 Å². The number of ether oxygens (including phenoxy) is 1. The summed E-state index contributed by atoms with van der Waals surface area (Å²) in [6.45, 7) is 0.360. The van der Waals surface area contributed by atoms with Crippen molar-refractivity contribution in [2.45, 2.75) is 13.0 Å². The predicted octanol–water partition coefficient (Wildman–Crippen LogP) is 3.91. The van der Waals surface area contributed by atoms with E-state index in [-0.39, 0.29) is 18.0 Å². The van der Waals surface area contributed by atoms with Crippen LogP contribution in [0.2, 0.25) is 5.02 Å². The minimum atomic E-state index is -0.339. The van der Waals surface area contributed by atoms with Crippen LogP contribution in [-0.2, 0) is 13.0 Å². The lowest BCUT2D eigenvalue weighted by atomic mass is 10.2. The molecule has 8 nitrogen and oxygen atoms in total. The van der Waals surface area contributed by atoms with Crippen molar-refractivity contribution >= 4 is 17.5 Å². The first kappa shape index (κ1) is 19.7. The Kier molecular flexibility index (Phi) is 5.76. The topological polar surface area (TPSA) is 103 Å². The first-order chi connectivity index (χ1) is 14.6. The molecule has 0 fully saturated rings. The maximum Gasteiger partial charge on any atom is 0.273 e. The Morgan fingerprint density at radius 3 is 2.70 bits per heavy atom. The molecule has 0 unspecified atom stereocenters. The predicted molar refractivity (Wildman–Crippen MR) is 108 cm³/mol. The second kappa shape index (κ2) is 8.79. The molecule has 0 spiro atoms. The molecule has 0 saturated heterocycles. The third-order valence-corrected chi connectivity index (χ3v) is 4.51. The molecule has 0 aliphatic carbocycles. The van der Waals surface area contributed by atoms with Crippen molar-refractivity contribution in [3.05, 3.63) is 82.5 Å². The molecule has 0 aliphatic rings. The van der Waals surface area contributed by atoms with Crippen LogP contribution in [-0.4, -0.2) is 28.3 Å². The summed E-state index contributed by atoms with van der Waals surface area (Å²) in [6.07, 6.45) is 0.239. The van der Waals surface area contributed by atoms with Gasteiger partial charge in [-0.3, -0.25) is 4.79 Å². The van der Waals surface area contributed by atoms with Gasteiger partial charge in [0.05, 0.1) is 13.5 Å². The summed E-state index contributed by atoms with van der Waals surface area (Å²) in [6, 6.07) is 16.1. The molecule has 4 aromatic rings. The third kappa shape index (κ3) is 4.66. The quantitative estimate of drug-likeness (QED) is 0.479. The van der Waals surface area contributed by atoms with Crippen LogP contribution in [0.15, 0.2) is 63.6 Å².